The van der Waals surface area contributed by atoms with Gasteiger partial charge in [-0.2, -0.15) is 0 Å². The lowest BCUT2D eigenvalue weighted by Gasteiger charge is -2.61. The van der Waals surface area contributed by atoms with Gasteiger partial charge in [-0.05, 0) is 96.8 Å². The molecule has 0 atom stereocenters. The number of aryl methyl sites for hydroxylation is 1. The number of fused-ring (bicyclic) bond motifs is 1. The van der Waals surface area contributed by atoms with E-state index in [0.29, 0.717) is 39.8 Å². The number of nitrogens with one attached hydrogen (secondary N) is 2. The minimum absolute atomic E-state index is 0.0434. The smallest absolute Gasteiger partial charge is 0.305 e. The van der Waals surface area contributed by atoms with Crippen LogP contribution >= 0.6 is 0 Å². The van der Waals surface area contributed by atoms with Crippen LogP contribution in [0.2, 0.25) is 0 Å². The summed E-state index contributed by atoms with van der Waals surface area (Å²) in [4.78, 5) is 38.2. The summed E-state index contributed by atoms with van der Waals surface area (Å²) in [6.07, 6.45) is 3.65. The Balaban J connectivity index is 1.47. The average molecular weight is 541 g/mol. The van der Waals surface area contributed by atoms with Gasteiger partial charge in [0.05, 0.1) is 12.7 Å². The van der Waals surface area contributed by atoms with Crippen LogP contribution in [0.4, 0.5) is 4.39 Å². The van der Waals surface area contributed by atoms with Crippen LogP contribution in [0.15, 0.2) is 65.1 Å². The molecule has 7 nitrogen and oxygen atoms in total. The quantitative estimate of drug-likeness (QED) is 0.282. The van der Waals surface area contributed by atoms with Gasteiger partial charge in [0, 0.05) is 35.5 Å². The minimum Gasteiger partial charge on any atom is -0.469 e. The molecule has 3 aliphatic rings. The minimum atomic E-state index is -0.397. The Morgan fingerprint density at radius 3 is 2.40 bits per heavy atom. The maximum Gasteiger partial charge on any atom is 0.305 e. The molecule has 8 heteroatoms. The number of benzene rings is 3. The van der Waals surface area contributed by atoms with E-state index in [9.17, 15) is 18.8 Å². The lowest BCUT2D eigenvalue weighted by atomic mass is 9.50. The van der Waals surface area contributed by atoms with Gasteiger partial charge < -0.3 is 19.8 Å². The van der Waals surface area contributed by atoms with Gasteiger partial charge in [0.2, 0.25) is 0 Å². The van der Waals surface area contributed by atoms with Crippen LogP contribution in [0.3, 0.4) is 0 Å². The molecular formula is C32H29FN2O5. The van der Waals surface area contributed by atoms with Crippen molar-refractivity contribution in [2.45, 2.75) is 37.6 Å². The molecule has 0 aliphatic heterocycles. The maximum atomic E-state index is 13.6. The van der Waals surface area contributed by atoms with Crippen molar-refractivity contribution in [2.75, 3.05) is 14.2 Å². The van der Waals surface area contributed by atoms with Gasteiger partial charge in [0.1, 0.15) is 17.2 Å². The number of hydrogen-bond donors (Lipinski definition) is 2. The van der Waals surface area contributed by atoms with Crippen molar-refractivity contribution in [3.63, 3.8) is 0 Å². The predicted molar refractivity (Wildman–Crippen MR) is 148 cm³/mol. The molecule has 0 unspecified atom stereocenters. The SMILES string of the molecule is CNC(=O)c1c(-c2ccc(F)cc2)oc2cc(CCC(=O)OC)c(-c3cccc(C(=O)NC45CC(C4)C5)c3)cc12. The number of amides is 2. The number of esters is 1. The van der Waals surface area contributed by atoms with Crippen LogP contribution < -0.4 is 10.6 Å². The lowest BCUT2D eigenvalue weighted by Crippen LogP contribution is -2.68. The topological polar surface area (TPSA) is 97.6 Å². The van der Waals surface area contributed by atoms with E-state index in [0.717, 1.165) is 41.9 Å². The highest BCUT2D eigenvalue weighted by Crippen LogP contribution is 2.57. The number of rotatable bonds is 8. The van der Waals surface area contributed by atoms with Crippen LogP contribution in [-0.2, 0) is 16.0 Å². The predicted octanol–water partition coefficient (Wildman–Crippen LogP) is 5.65. The van der Waals surface area contributed by atoms with Crippen molar-refractivity contribution < 1.29 is 27.9 Å². The van der Waals surface area contributed by atoms with Crippen molar-refractivity contribution in [3.05, 3.63) is 83.2 Å². The Morgan fingerprint density at radius 1 is 1.00 bits per heavy atom. The maximum absolute atomic E-state index is 13.6. The number of ether oxygens (including phenoxy) is 1. The molecule has 2 amide bonds. The normalized spacial score (nSPS) is 18.9. The molecule has 3 fully saturated rings. The number of carbonyl (C=O) groups excluding carboxylic acids is 3. The van der Waals surface area contributed by atoms with E-state index in [1.54, 1.807) is 18.2 Å². The molecule has 2 N–H and O–H groups in total. The Bertz CT molecular complexity index is 1640. The summed E-state index contributed by atoms with van der Waals surface area (Å²) >= 11 is 0. The van der Waals surface area contributed by atoms with Crippen LogP contribution in [0, 0.1) is 11.7 Å². The van der Waals surface area contributed by atoms with E-state index < -0.39 is 5.82 Å². The standard InChI is InChI=1S/C32H29FN2O5/c1-34-31(38)28-25-14-24(20-4-3-5-22(12-20)30(37)35-32-15-18(16-32)17-32)21(8-11-27(36)39-2)13-26(25)40-29(28)19-6-9-23(33)10-7-19/h3-7,9-10,12-14,18H,8,11,15-17H2,1-2H3,(H,34,38)(H,35,37). The van der Waals surface area contributed by atoms with Crippen LogP contribution in [0.25, 0.3) is 33.4 Å². The number of halogens is 1. The third-order valence-electron chi connectivity index (χ3n) is 8.15. The Morgan fingerprint density at radius 2 is 1.75 bits per heavy atom. The molecule has 3 aliphatic carbocycles. The summed E-state index contributed by atoms with van der Waals surface area (Å²) in [5.41, 5.74) is 4.19. The zero-order valence-corrected chi connectivity index (χ0v) is 22.3. The van der Waals surface area contributed by atoms with Crippen molar-refractivity contribution >= 4 is 28.8 Å². The summed E-state index contributed by atoms with van der Waals surface area (Å²) in [7, 11) is 2.88. The molecule has 204 valence electrons. The Labute approximate surface area is 230 Å². The number of methoxy groups -OCH3 is 1. The van der Waals surface area contributed by atoms with Gasteiger partial charge >= 0.3 is 5.97 Å². The summed E-state index contributed by atoms with van der Waals surface area (Å²) in [5, 5.41) is 6.45. The number of hydrogen-bond acceptors (Lipinski definition) is 5. The molecule has 40 heavy (non-hydrogen) atoms. The fourth-order valence-corrected chi connectivity index (χ4v) is 5.93. The Kier molecular flexibility index (Phi) is 6.41. The Hall–Kier alpha value is -4.46. The highest BCUT2D eigenvalue weighted by Gasteiger charge is 2.57. The first kappa shape index (κ1) is 25.8. The van der Waals surface area contributed by atoms with Crippen molar-refractivity contribution in [1.29, 1.82) is 0 Å². The molecule has 0 radical (unpaired) electrons. The van der Waals surface area contributed by atoms with Gasteiger partial charge in [-0.3, -0.25) is 14.4 Å². The van der Waals surface area contributed by atoms with E-state index in [1.807, 2.05) is 30.3 Å². The molecule has 1 heterocycles. The number of furan rings is 1. The van der Waals surface area contributed by atoms with E-state index >= 15 is 0 Å². The third kappa shape index (κ3) is 4.53. The molecule has 4 aromatic rings. The van der Waals surface area contributed by atoms with Gasteiger partial charge in [0.15, 0.2) is 0 Å². The summed E-state index contributed by atoms with van der Waals surface area (Å²) in [6, 6.07) is 16.8. The molecule has 1 aromatic heterocycles. The third-order valence-corrected chi connectivity index (χ3v) is 8.15. The molecule has 3 aromatic carbocycles. The first-order valence-electron chi connectivity index (χ1n) is 13.4. The molecule has 0 spiro atoms. The van der Waals surface area contributed by atoms with Gasteiger partial charge in [-0.1, -0.05) is 12.1 Å². The fourth-order valence-electron chi connectivity index (χ4n) is 5.93. The highest BCUT2D eigenvalue weighted by atomic mass is 19.1. The summed E-state index contributed by atoms with van der Waals surface area (Å²) < 4.78 is 24.7. The second-order valence-electron chi connectivity index (χ2n) is 10.8. The molecule has 7 rings (SSSR count). The summed E-state index contributed by atoms with van der Waals surface area (Å²) in [5.74, 6) is -0.137. The average Bonchev–Trinajstić information content (AvgIpc) is 3.30. The zero-order chi connectivity index (χ0) is 28.0. The van der Waals surface area contributed by atoms with Crippen molar-refractivity contribution in [1.82, 2.24) is 10.6 Å². The van der Waals surface area contributed by atoms with Crippen molar-refractivity contribution in [2.24, 2.45) is 5.92 Å². The van der Waals surface area contributed by atoms with Crippen LogP contribution in [0.5, 0.6) is 0 Å². The molecule has 2 bridgehead atoms. The fraction of sp³-hybridized carbons (Fsp3) is 0.281. The van der Waals surface area contributed by atoms with Gasteiger partial charge in [0.25, 0.3) is 11.8 Å². The van der Waals surface area contributed by atoms with E-state index in [4.69, 9.17) is 9.15 Å². The van der Waals surface area contributed by atoms with E-state index in [-0.39, 0.29) is 29.7 Å². The van der Waals surface area contributed by atoms with Crippen LogP contribution in [0.1, 0.15) is 52.0 Å². The number of carbonyl (C=O) groups is 3. The molecule has 3 saturated carbocycles. The van der Waals surface area contributed by atoms with Crippen molar-refractivity contribution in [3.8, 4) is 22.5 Å². The highest BCUT2D eigenvalue weighted by molar-refractivity contribution is 6.12. The second-order valence-corrected chi connectivity index (χ2v) is 10.8. The monoisotopic (exact) mass is 540 g/mol. The van der Waals surface area contributed by atoms with E-state index in [1.165, 1.54) is 26.3 Å². The second kappa shape index (κ2) is 9.93. The first-order valence-corrected chi connectivity index (χ1v) is 13.4. The van der Waals surface area contributed by atoms with E-state index in [2.05, 4.69) is 10.6 Å². The van der Waals surface area contributed by atoms with Gasteiger partial charge in [-0.25, -0.2) is 4.39 Å². The van der Waals surface area contributed by atoms with Crippen LogP contribution in [-0.4, -0.2) is 37.5 Å². The lowest BCUT2D eigenvalue weighted by molar-refractivity contribution is -0.140. The largest absolute Gasteiger partial charge is 0.469 e. The molecule has 0 saturated heterocycles. The zero-order valence-electron chi connectivity index (χ0n) is 22.3. The summed E-state index contributed by atoms with van der Waals surface area (Å²) in [6.45, 7) is 0. The van der Waals surface area contributed by atoms with Gasteiger partial charge in [-0.15, -0.1) is 0 Å². The molecular weight excluding hydrogens is 511 g/mol. The first-order chi connectivity index (χ1) is 19.3.